The summed E-state index contributed by atoms with van der Waals surface area (Å²) in [5.41, 5.74) is 0.426. The number of ether oxygens (including phenoxy) is 2. The second-order valence-corrected chi connectivity index (χ2v) is 4.15. The number of halogens is 2. The zero-order chi connectivity index (χ0) is 10.6. The quantitative estimate of drug-likeness (QED) is 0.630. The van der Waals surface area contributed by atoms with E-state index in [-0.39, 0.29) is 0 Å². The number of esters is 1. The average molecular weight is 280 g/mol. The van der Waals surface area contributed by atoms with Crippen molar-refractivity contribution < 1.29 is 14.3 Å². The molecule has 1 rings (SSSR count). The Labute approximate surface area is 95.1 Å². The van der Waals surface area contributed by atoms with Gasteiger partial charge in [0.15, 0.2) is 0 Å². The van der Waals surface area contributed by atoms with Crippen LogP contribution in [0.2, 0.25) is 0 Å². The summed E-state index contributed by atoms with van der Waals surface area (Å²) < 4.78 is 9.07. The van der Waals surface area contributed by atoms with Gasteiger partial charge in [-0.2, -0.15) is 0 Å². The largest absolute Gasteiger partial charge is 0.465 e. The Hall–Kier alpha value is -0.740. The Kier molecular flexibility index (Phi) is 4.22. The molecule has 0 radical (unpaired) electrons. The molecule has 0 fully saturated rings. The van der Waals surface area contributed by atoms with Crippen LogP contribution in [-0.4, -0.2) is 17.6 Å². The molecule has 1 atom stereocenters. The van der Waals surface area contributed by atoms with Crippen LogP contribution in [0.3, 0.4) is 0 Å². The van der Waals surface area contributed by atoms with E-state index in [0.717, 1.165) is 0 Å². The van der Waals surface area contributed by atoms with Gasteiger partial charge in [0, 0.05) is 0 Å². The predicted molar refractivity (Wildman–Crippen MR) is 57.0 cm³/mol. The molecular formula is C9H8BrClO3. The summed E-state index contributed by atoms with van der Waals surface area (Å²) in [6.07, 6.45) is 0. The van der Waals surface area contributed by atoms with Crippen LogP contribution in [0.25, 0.3) is 0 Å². The fourth-order valence-electron chi connectivity index (χ4n) is 0.917. The van der Waals surface area contributed by atoms with Crippen LogP contribution in [0.15, 0.2) is 24.3 Å². The minimum absolute atomic E-state index is 0.406. The van der Waals surface area contributed by atoms with Crippen molar-refractivity contribution in [3.8, 4) is 5.75 Å². The van der Waals surface area contributed by atoms with E-state index in [4.69, 9.17) is 16.3 Å². The molecule has 1 unspecified atom stereocenters. The molecule has 0 aromatic heterocycles. The normalized spacial score (nSPS) is 11.9. The molecule has 0 aliphatic carbocycles. The Morgan fingerprint density at radius 1 is 1.57 bits per heavy atom. The fraction of sp³-hybridized carbons (Fsp3) is 0.222. The summed E-state index contributed by atoms with van der Waals surface area (Å²) in [7, 11) is 1.32. The Bertz CT molecular complexity index is 328. The maximum Gasteiger partial charge on any atom is 0.337 e. The van der Waals surface area contributed by atoms with Gasteiger partial charge in [-0.05, 0) is 34.1 Å². The molecule has 0 aliphatic rings. The topological polar surface area (TPSA) is 35.5 Å². The van der Waals surface area contributed by atoms with E-state index in [2.05, 4.69) is 20.7 Å². The molecule has 14 heavy (non-hydrogen) atoms. The van der Waals surface area contributed by atoms with Gasteiger partial charge >= 0.3 is 5.97 Å². The van der Waals surface area contributed by atoms with Crippen LogP contribution < -0.4 is 4.74 Å². The molecule has 76 valence electrons. The lowest BCUT2D eigenvalue weighted by atomic mass is 10.2. The van der Waals surface area contributed by atoms with E-state index < -0.39 is 10.4 Å². The van der Waals surface area contributed by atoms with E-state index in [0.29, 0.717) is 11.3 Å². The van der Waals surface area contributed by atoms with Crippen molar-refractivity contribution in [1.29, 1.82) is 0 Å². The maximum atomic E-state index is 11.1. The molecule has 0 amide bonds. The van der Waals surface area contributed by atoms with Gasteiger partial charge < -0.3 is 9.47 Å². The summed E-state index contributed by atoms with van der Waals surface area (Å²) in [6.45, 7) is 0. The number of hydrogen-bond acceptors (Lipinski definition) is 3. The molecule has 5 heteroatoms. The summed E-state index contributed by atoms with van der Waals surface area (Å²) in [5, 5.41) is 0. The third-order valence-electron chi connectivity index (χ3n) is 1.48. The standard InChI is InChI=1S/C9H8BrClO3/c1-13-8(12)6-3-2-4-7(5-6)14-9(10)11/h2-5,9H,1H3. The van der Waals surface area contributed by atoms with E-state index in [1.165, 1.54) is 7.11 Å². The second kappa shape index (κ2) is 5.22. The first kappa shape index (κ1) is 11.3. The molecule has 0 N–H and O–H groups in total. The second-order valence-electron chi connectivity index (χ2n) is 2.40. The molecule has 1 aromatic carbocycles. The van der Waals surface area contributed by atoms with Crippen molar-refractivity contribution in [3.63, 3.8) is 0 Å². The van der Waals surface area contributed by atoms with E-state index in [1.807, 2.05) is 0 Å². The third kappa shape index (κ3) is 3.20. The molecule has 0 spiro atoms. The molecule has 0 heterocycles. The lowest BCUT2D eigenvalue weighted by molar-refractivity contribution is 0.0600. The van der Waals surface area contributed by atoms with E-state index in [9.17, 15) is 4.79 Å². The minimum atomic E-state index is -0.615. The van der Waals surface area contributed by atoms with E-state index in [1.54, 1.807) is 24.3 Å². The summed E-state index contributed by atoms with van der Waals surface area (Å²) >= 11 is 8.57. The lowest BCUT2D eigenvalue weighted by Gasteiger charge is -2.07. The van der Waals surface area contributed by atoms with Gasteiger partial charge in [-0.3, -0.25) is 0 Å². The zero-order valence-corrected chi connectivity index (χ0v) is 9.71. The van der Waals surface area contributed by atoms with Gasteiger partial charge in [-0.15, -0.1) is 0 Å². The molecular weight excluding hydrogens is 271 g/mol. The number of methoxy groups -OCH3 is 1. The third-order valence-corrected chi connectivity index (χ3v) is 1.76. The average Bonchev–Trinajstić information content (AvgIpc) is 2.16. The number of rotatable bonds is 3. The van der Waals surface area contributed by atoms with Crippen LogP contribution in [-0.2, 0) is 4.74 Å². The van der Waals surface area contributed by atoms with Crippen molar-refractivity contribution in [2.75, 3.05) is 7.11 Å². The highest BCUT2D eigenvalue weighted by atomic mass is 79.9. The van der Waals surface area contributed by atoms with E-state index >= 15 is 0 Å². The summed E-state index contributed by atoms with van der Waals surface area (Å²) in [5.74, 6) is 0.0981. The van der Waals surface area contributed by atoms with Crippen LogP contribution in [0, 0.1) is 0 Å². The highest BCUT2D eigenvalue weighted by Crippen LogP contribution is 2.18. The summed E-state index contributed by atoms with van der Waals surface area (Å²) in [4.78, 5) is 11.1. The van der Waals surface area contributed by atoms with Gasteiger partial charge in [0.05, 0.1) is 12.7 Å². The maximum absolute atomic E-state index is 11.1. The molecule has 0 saturated heterocycles. The number of carbonyl (C=O) groups excluding carboxylic acids is 1. The van der Waals surface area contributed by atoms with Crippen molar-refractivity contribution in [2.24, 2.45) is 0 Å². The first-order valence-corrected chi connectivity index (χ1v) is 5.12. The van der Waals surface area contributed by atoms with Crippen LogP contribution in [0.1, 0.15) is 10.4 Å². The Morgan fingerprint density at radius 3 is 2.86 bits per heavy atom. The van der Waals surface area contributed by atoms with Crippen molar-refractivity contribution in [3.05, 3.63) is 29.8 Å². The number of hydrogen-bond donors (Lipinski definition) is 0. The Morgan fingerprint density at radius 2 is 2.29 bits per heavy atom. The number of benzene rings is 1. The smallest absolute Gasteiger partial charge is 0.337 e. The molecule has 3 nitrogen and oxygen atoms in total. The highest BCUT2D eigenvalue weighted by molar-refractivity contribution is 9.10. The SMILES string of the molecule is COC(=O)c1cccc(OC(Cl)Br)c1. The monoisotopic (exact) mass is 278 g/mol. The van der Waals surface area contributed by atoms with Crippen molar-refractivity contribution >= 4 is 33.5 Å². The van der Waals surface area contributed by atoms with Crippen molar-refractivity contribution in [2.45, 2.75) is 4.47 Å². The first-order valence-electron chi connectivity index (χ1n) is 3.76. The number of alkyl halides is 2. The lowest BCUT2D eigenvalue weighted by Crippen LogP contribution is -2.03. The predicted octanol–water partition coefficient (Wildman–Crippen LogP) is 2.77. The Balaban J connectivity index is 2.84. The fourth-order valence-corrected chi connectivity index (χ4v) is 1.24. The van der Waals surface area contributed by atoms with Gasteiger partial charge in [-0.25, -0.2) is 4.79 Å². The molecule has 1 aromatic rings. The van der Waals surface area contributed by atoms with Gasteiger partial charge in [-0.1, -0.05) is 17.7 Å². The summed E-state index contributed by atoms with van der Waals surface area (Å²) in [6, 6.07) is 6.58. The highest BCUT2D eigenvalue weighted by Gasteiger charge is 2.07. The molecule has 0 aliphatic heterocycles. The van der Waals surface area contributed by atoms with Crippen LogP contribution in [0.4, 0.5) is 0 Å². The minimum Gasteiger partial charge on any atom is -0.465 e. The first-order chi connectivity index (χ1) is 6.63. The van der Waals surface area contributed by atoms with Crippen LogP contribution >= 0.6 is 27.5 Å². The van der Waals surface area contributed by atoms with Gasteiger partial charge in [0.1, 0.15) is 5.75 Å². The van der Waals surface area contributed by atoms with Gasteiger partial charge in [0.2, 0.25) is 4.47 Å². The molecule has 0 bridgehead atoms. The molecule has 0 saturated carbocycles. The van der Waals surface area contributed by atoms with Crippen LogP contribution in [0.5, 0.6) is 5.75 Å². The number of carbonyl (C=O) groups is 1. The van der Waals surface area contributed by atoms with Crippen molar-refractivity contribution in [1.82, 2.24) is 0 Å². The van der Waals surface area contributed by atoms with Gasteiger partial charge in [0.25, 0.3) is 0 Å². The zero-order valence-electron chi connectivity index (χ0n) is 7.37.